The van der Waals surface area contributed by atoms with Crippen LogP contribution in [0.3, 0.4) is 0 Å². The van der Waals surface area contributed by atoms with Crippen molar-refractivity contribution in [3.63, 3.8) is 0 Å². The predicted octanol–water partition coefficient (Wildman–Crippen LogP) is 3.36. The fourth-order valence-corrected chi connectivity index (χ4v) is 4.54. The van der Waals surface area contributed by atoms with E-state index in [1.165, 1.54) is 17.3 Å². The maximum Gasteiger partial charge on any atom is 0.219 e. The molecule has 0 spiro atoms. The largest absolute Gasteiger partial charge is 0.497 e. The summed E-state index contributed by atoms with van der Waals surface area (Å²) in [5.41, 5.74) is 1.65. The first-order valence-corrected chi connectivity index (χ1v) is 10.9. The second-order valence-electron chi connectivity index (χ2n) is 6.81. The number of methoxy groups -OCH3 is 2. The summed E-state index contributed by atoms with van der Waals surface area (Å²) in [5, 5.41) is 9.30. The van der Waals surface area contributed by atoms with Crippen LogP contribution in [0.25, 0.3) is 0 Å². The Balaban J connectivity index is 2.32. The SMILES string of the molecule is C=CC[C@@H](O)[C@@H](C)S(=O)(=O)N(Cc1ccc(OC)cc1)Cc1ccc(OC)cc1. The van der Waals surface area contributed by atoms with Gasteiger partial charge >= 0.3 is 0 Å². The highest BCUT2D eigenvalue weighted by Gasteiger charge is 2.33. The van der Waals surface area contributed by atoms with Crippen LogP contribution in [-0.2, 0) is 23.1 Å². The summed E-state index contributed by atoms with van der Waals surface area (Å²) in [6, 6.07) is 14.5. The summed E-state index contributed by atoms with van der Waals surface area (Å²) in [6.07, 6.45) is 0.708. The summed E-state index contributed by atoms with van der Waals surface area (Å²) >= 11 is 0. The maximum atomic E-state index is 13.3. The smallest absolute Gasteiger partial charge is 0.219 e. The molecular weight excluding hydrogens is 390 g/mol. The number of benzene rings is 2. The Morgan fingerprint density at radius 3 is 1.72 bits per heavy atom. The molecule has 0 saturated heterocycles. The van der Waals surface area contributed by atoms with Gasteiger partial charge in [0.1, 0.15) is 11.5 Å². The third kappa shape index (κ3) is 6.06. The van der Waals surface area contributed by atoms with Gasteiger partial charge in [0.05, 0.1) is 25.6 Å². The molecule has 7 heteroatoms. The number of hydrogen-bond donors (Lipinski definition) is 1. The number of rotatable bonds is 11. The van der Waals surface area contributed by atoms with Crippen LogP contribution in [0.15, 0.2) is 61.2 Å². The predicted molar refractivity (Wildman–Crippen MR) is 114 cm³/mol. The number of ether oxygens (including phenoxy) is 2. The molecule has 2 atom stereocenters. The lowest BCUT2D eigenvalue weighted by molar-refractivity contribution is 0.172. The van der Waals surface area contributed by atoms with Crippen molar-refractivity contribution < 1.29 is 23.0 Å². The second kappa shape index (κ2) is 10.4. The lowest BCUT2D eigenvalue weighted by atomic mass is 10.2. The molecule has 0 radical (unpaired) electrons. The summed E-state index contributed by atoms with van der Waals surface area (Å²) in [5.74, 6) is 1.40. The van der Waals surface area contributed by atoms with Gasteiger partial charge in [-0.05, 0) is 48.7 Å². The third-order valence-electron chi connectivity index (χ3n) is 4.82. The van der Waals surface area contributed by atoms with Crippen molar-refractivity contribution in [2.45, 2.75) is 37.8 Å². The van der Waals surface area contributed by atoms with Crippen LogP contribution < -0.4 is 9.47 Å². The first kappa shape index (κ1) is 22.9. The molecule has 0 aliphatic heterocycles. The van der Waals surface area contributed by atoms with Gasteiger partial charge in [-0.15, -0.1) is 6.58 Å². The molecular formula is C22H29NO5S. The lowest BCUT2D eigenvalue weighted by Crippen LogP contribution is -2.42. The highest BCUT2D eigenvalue weighted by molar-refractivity contribution is 7.89. The molecule has 2 aromatic carbocycles. The average molecular weight is 420 g/mol. The third-order valence-corrected chi connectivity index (χ3v) is 7.05. The molecule has 1 N–H and O–H groups in total. The van der Waals surface area contributed by atoms with Gasteiger partial charge in [0.2, 0.25) is 10.0 Å². The highest BCUT2D eigenvalue weighted by atomic mass is 32.2. The first-order chi connectivity index (χ1) is 13.8. The fraction of sp³-hybridized carbons (Fsp3) is 0.364. The second-order valence-corrected chi connectivity index (χ2v) is 9.10. The zero-order valence-corrected chi connectivity index (χ0v) is 17.9. The quantitative estimate of drug-likeness (QED) is 0.565. The van der Waals surface area contributed by atoms with Crippen LogP contribution in [0.1, 0.15) is 24.5 Å². The minimum Gasteiger partial charge on any atom is -0.497 e. The van der Waals surface area contributed by atoms with E-state index < -0.39 is 21.4 Å². The Kier molecular flexibility index (Phi) is 8.25. The van der Waals surface area contributed by atoms with Gasteiger partial charge in [0.15, 0.2) is 0 Å². The normalized spacial score (nSPS) is 13.7. The molecule has 0 fully saturated rings. The zero-order valence-electron chi connectivity index (χ0n) is 17.1. The summed E-state index contributed by atoms with van der Waals surface area (Å²) in [4.78, 5) is 0. The minimum absolute atomic E-state index is 0.184. The van der Waals surface area contributed by atoms with Gasteiger partial charge in [-0.3, -0.25) is 0 Å². The number of aliphatic hydroxyl groups excluding tert-OH is 1. The Hall–Kier alpha value is -2.35. The van der Waals surface area contributed by atoms with Crippen LogP contribution >= 0.6 is 0 Å². The lowest BCUT2D eigenvalue weighted by Gasteiger charge is -2.28. The molecule has 158 valence electrons. The van der Waals surface area contributed by atoms with Crippen molar-refractivity contribution in [3.8, 4) is 11.5 Å². The van der Waals surface area contributed by atoms with Crippen molar-refractivity contribution in [2.75, 3.05) is 14.2 Å². The van der Waals surface area contributed by atoms with Crippen molar-refractivity contribution in [1.29, 1.82) is 0 Å². The zero-order chi connectivity index (χ0) is 21.4. The van der Waals surface area contributed by atoms with Gasteiger partial charge in [-0.1, -0.05) is 30.3 Å². The van der Waals surface area contributed by atoms with Gasteiger partial charge < -0.3 is 14.6 Å². The molecule has 2 aromatic rings. The van der Waals surface area contributed by atoms with Crippen LogP contribution in [0.5, 0.6) is 11.5 Å². The first-order valence-electron chi connectivity index (χ1n) is 9.35. The van der Waals surface area contributed by atoms with E-state index in [1.807, 2.05) is 24.3 Å². The molecule has 0 amide bonds. The standard InChI is InChI=1S/C22H29NO5S/c1-5-6-22(24)17(2)29(25,26)23(15-18-7-11-20(27-3)12-8-18)16-19-9-13-21(28-4)14-10-19/h5,7-14,17,22,24H,1,6,15-16H2,2-4H3/t17-,22-/m1/s1. The monoisotopic (exact) mass is 419 g/mol. The molecule has 29 heavy (non-hydrogen) atoms. The Morgan fingerprint density at radius 2 is 1.38 bits per heavy atom. The van der Waals surface area contributed by atoms with Gasteiger partial charge in [-0.2, -0.15) is 4.31 Å². The van der Waals surface area contributed by atoms with Crippen molar-refractivity contribution >= 4 is 10.0 Å². The minimum atomic E-state index is -3.78. The van der Waals surface area contributed by atoms with E-state index in [1.54, 1.807) is 38.5 Å². The van der Waals surface area contributed by atoms with E-state index >= 15 is 0 Å². The Bertz CT molecular complexity index is 829. The average Bonchev–Trinajstić information content (AvgIpc) is 2.73. The van der Waals surface area contributed by atoms with E-state index in [9.17, 15) is 13.5 Å². The van der Waals surface area contributed by atoms with E-state index in [0.717, 1.165) is 11.1 Å². The van der Waals surface area contributed by atoms with Gasteiger partial charge in [0.25, 0.3) is 0 Å². The van der Waals surface area contributed by atoms with Crippen molar-refractivity contribution in [3.05, 3.63) is 72.3 Å². The van der Waals surface area contributed by atoms with Crippen LogP contribution in [-0.4, -0.2) is 43.4 Å². The molecule has 0 unspecified atom stereocenters. The molecule has 0 aromatic heterocycles. The van der Waals surface area contributed by atoms with E-state index in [4.69, 9.17) is 9.47 Å². The maximum absolute atomic E-state index is 13.3. The van der Waals surface area contributed by atoms with E-state index in [-0.39, 0.29) is 19.5 Å². The molecule has 0 heterocycles. The van der Waals surface area contributed by atoms with Crippen molar-refractivity contribution in [1.82, 2.24) is 4.31 Å². The summed E-state index contributed by atoms with van der Waals surface area (Å²) < 4.78 is 38.3. The number of nitrogens with zero attached hydrogens (tertiary/aromatic N) is 1. The van der Waals surface area contributed by atoms with E-state index in [2.05, 4.69) is 6.58 Å². The Morgan fingerprint density at radius 1 is 0.966 bits per heavy atom. The fourth-order valence-electron chi connectivity index (χ4n) is 2.90. The molecule has 0 aliphatic carbocycles. The van der Waals surface area contributed by atoms with Crippen molar-refractivity contribution in [2.24, 2.45) is 0 Å². The topological polar surface area (TPSA) is 76.1 Å². The van der Waals surface area contributed by atoms with Gasteiger partial charge in [0, 0.05) is 13.1 Å². The number of aliphatic hydroxyl groups is 1. The molecule has 0 aliphatic rings. The Labute approximate surface area is 173 Å². The summed E-state index contributed by atoms with van der Waals surface area (Å²) in [6.45, 7) is 5.48. The van der Waals surface area contributed by atoms with E-state index in [0.29, 0.717) is 11.5 Å². The number of sulfonamides is 1. The summed E-state index contributed by atoms with van der Waals surface area (Å²) in [7, 11) is -0.614. The van der Waals surface area contributed by atoms with Crippen LogP contribution in [0, 0.1) is 0 Å². The van der Waals surface area contributed by atoms with Crippen LogP contribution in [0.4, 0.5) is 0 Å². The highest BCUT2D eigenvalue weighted by Crippen LogP contribution is 2.23. The van der Waals surface area contributed by atoms with Gasteiger partial charge in [-0.25, -0.2) is 8.42 Å². The molecule has 0 saturated carbocycles. The molecule has 6 nitrogen and oxygen atoms in total. The molecule has 2 rings (SSSR count). The molecule has 0 bridgehead atoms. The van der Waals surface area contributed by atoms with Crippen LogP contribution in [0.2, 0.25) is 0 Å². The number of hydrogen-bond acceptors (Lipinski definition) is 5.